The second-order valence-corrected chi connectivity index (χ2v) is 3.81. The second kappa shape index (κ2) is 3.30. The summed E-state index contributed by atoms with van der Waals surface area (Å²) in [5.74, 6) is -2.20. The van der Waals surface area contributed by atoms with Crippen LogP contribution in [0.2, 0.25) is 0 Å². The number of carbonyl (C=O) groups is 3. The Hall–Kier alpha value is -1.43. The molecular formula is C9H11NO5. The van der Waals surface area contributed by atoms with Crippen LogP contribution in [0.25, 0.3) is 0 Å². The van der Waals surface area contributed by atoms with Gasteiger partial charge >= 0.3 is 5.97 Å². The smallest absolute Gasteiger partial charge is 0.330 e. The summed E-state index contributed by atoms with van der Waals surface area (Å²) < 4.78 is 4.73. The number of aliphatic carboxylic acids is 1. The van der Waals surface area contributed by atoms with E-state index in [1.165, 1.54) is 0 Å². The monoisotopic (exact) mass is 213 g/mol. The van der Waals surface area contributed by atoms with Crippen molar-refractivity contribution >= 4 is 17.8 Å². The molecule has 1 saturated heterocycles. The summed E-state index contributed by atoms with van der Waals surface area (Å²) in [6, 6.07) is 0. The number of rotatable bonds is 2. The molecule has 15 heavy (non-hydrogen) atoms. The van der Waals surface area contributed by atoms with Gasteiger partial charge < -0.3 is 9.84 Å². The Bertz CT molecular complexity index is 317. The molecule has 0 aromatic carbocycles. The zero-order valence-corrected chi connectivity index (χ0v) is 8.06. The minimum Gasteiger partial charge on any atom is -0.479 e. The van der Waals surface area contributed by atoms with Gasteiger partial charge in [0.15, 0.2) is 0 Å². The zero-order chi connectivity index (χ0) is 11.1. The summed E-state index contributed by atoms with van der Waals surface area (Å²) >= 11 is 0. The number of carboxylic acid groups (broad SMARTS) is 1. The molecule has 1 heterocycles. The molecule has 2 amide bonds. The van der Waals surface area contributed by atoms with Crippen molar-refractivity contribution in [2.24, 2.45) is 0 Å². The molecule has 0 aromatic heterocycles. The third-order valence-corrected chi connectivity index (χ3v) is 2.96. The summed E-state index contributed by atoms with van der Waals surface area (Å²) in [7, 11) is 0. The van der Waals surface area contributed by atoms with Crippen LogP contribution < -0.4 is 0 Å². The third kappa shape index (κ3) is 1.32. The van der Waals surface area contributed by atoms with Crippen molar-refractivity contribution in [3.8, 4) is 0 Å². The Morgan fingerprint density at radius 3 is 2.13 bits per heavy atom. The largest absolute Gasteiger partial charge is 0.479 e. The number of ether oxygens (including phenoxy) is 1. The maximum atomic E-state index is 11.5. The molecule has 2 fully saturated rings. The number of carbonyl (C=O) groups excluding carboxylic acids is 2. The molecule has 2 aliphatic rings. The quantitative estimate of drug-likeness (QED) is 0.618. The Morgan fingerprint density at radius 2 is 1.80 bits per heavy atom. The zero-order valence-electron chi connectivity index (χ0n) is 8.06. The van der Waals surface area contributed by atoms with Gasteiger partial charge in [-0.15, -0.1) is 0 Å². The van der Waals surface area contributed by atoms with E-state index in [1.54, 1.807) is 0 Å². The van der Waals surface area contributed by atoms with E-state index in [1.807, 2.05) is 0 Å². The normalized spacial score (nSPS) is 24.9. The number of nitrogens with zero attached hydrogens (tertiary/aromatic N) is 1. The molecule has 2 rings (SSSR count). The predicted octanol–water partition coefficient (Wildman–Crippen LogP) is -0.621. The van der Waals surface area contributed by atoms with Crippen molar-refractivity contribution in [1.29, 1.82) is 0 Å². The van der Waals surface area contributed by atoms with E-state index in [0.29, 0.717) is 12.8 Å². The first-order valence-electron chi connectivity index (χ1n) is 4.75. The molecule has 0 spiro atoms. The van der Waals surface area contributed by atoms with Crippen molar-refractivity contribution in [2.75, 3.05) is 13.2 Å². The Labute approximate surface area is 85.8 Å². The van der Waals surface area contributed by atoms with Gasteiger partial charge in [0.1, 0.15) is 18.8 Å². The van der Waals surface area contributed by atoms with E-state index in [0.717, 1.165) is 11.3 Å². The lowest BCUT2D eigenvalue weighted by atomic mass is 9.75. The van der Waals surface area contributed by atoms with Crippen molar-refractivity contribution in [3.05, 3.63) is 0 Å². The van der Waals surface area contributed by atoms with E-state index in [-0.39, 0.29) is 13.2 Å². The Morgan fingerprint density at radius 1 is 1.27 bits per heavy atom. The minimum atomic E-state index is -1.29. The number of amides is 2. The van der Waals surface area contributed by atoms with Crippen LogP contribution in [0.5, 0.6) is 0 Å². The minimum absolute atomic E-state index is 0.208. The highest BCUT2D eigenvalue weighted by Gasteiger charge is 2.54. The highest BCUT2D eigenvalue weighted by Crippen LogP contribution is 2.38. The van der Waals surface area contributed by atoms with Gasteiger partial charge in [0.25, 0.3) is 11.8 Å². The molecule has 0 bridgehead atoms. The molecule has 1 aliphatic heterocycles. The van der Waals surface area contributed by atoms with Crippen LogP contribution in [0, 0.1) is 0 Å². The molecule has 0 atom stereocenters. The average Bonchev–Trinajstić information content (AvgIpc) is 2.07. The lowest BCUT2D eigenvalue weighted by Crippen LogP contribution is -2.66. The number of imide groups is 1. The molecule has 1 N–H and O–H groups in total. The molecule has 6 heteroatoms. The van der Waals surface area contributed by atoms with Crippen LogP contribution in [0.3, 0.4) is 0 Å². The highest BCUT2D eigenvalue weighted by atomic mass is 16.5. The fraction of sp³-hybridized carbons (Fsp3) is 0.667. The van der Waals surface area contributed by atoms with Gasteiger partial charge in [-0.05, 0) is 19.3 Å². The maximum absolute atomic E-state index is 11.5. The Kier molecular flexibility index (Phi) is 2.22. The first kappa shape index (κ1) is 10.1. The average molecular weight is 213 g/mol. The first-order valence-corrected chi connectivity index (χ1v) is 4.75. The van der Waals surface area contributed by atoms with E-state index in [9.17, 15) is 14.4 Å². The first-order chi connectivity index (χ1) is 7.08. The van der Waals surface area contributed by atoms with E-state index >= 15 is 0 Å². The molecule has 1 saturated carbocycles. The van der Waals surface area contributed by atoms with Crippen LogP contribution in [0.15, 0.2) is 0 Å². The Balaban J connectivity index is 2.30. The molecule has 6 nitrogen and oxygen atoms in total. The van der Waals surface area contributed by atoms with Crippen LogP contribution in [0.1, 0.15) is 19.3 Å². The predicted molar refractivity (Wildman–Crippen MR) is 46.9 cm³/mol. The van der Waals surface area contributed by atoms with Crippen LogP contribution in [0.4, 0.5) is 0 Å². The number of hydrogen-bond acceptors (Lipinski definition) is 4. The van der Waals surface area contributed by atoms with Crippen LogP contribution in [-0.2, 0) is 19.1 Å². The van der Waals surface area contributed by atoms with Crippen LogP contribution in [-0.4, -0.2) is 46.5 Å². The highest BCUT2D eigenvalue weighted by molar-refractivity contribution is 6.03. The molecule has 1 aliphatic carbocycles. The number of carboxylic acids is 1. The summed E-state index contributed by atoms with van der Waals surface area (Å²) in [5.41, 5.74) is -1.29. The lowest BCUT2D eigenvalue weighted by Gasteiger charge is -2.46. The van der Waals surface area contributed by atoms with E-state index in [4.69, 9.17) is 9.84 Å². The summed E-state index contributed by atoms with van der Waals surface area (Å²) in [6.07, 6.45) is 1.42. The molecular weight excluding hydrogens is 202 g/mol. The summed E-state index contributed by atoms with van der Waals surface area (Å²) in [4.78, 5) is 34.9. The van der Waals surface area contributed by atoms with Crippen molar-refractivity contribution in [1.82, 2.24) is 4.90 Å². The van der Waals surface area contributed by atoms with Gasteiger partial charge in [-0.1, -0.05) is 0 Å². The fourth-order valence-electron chi connectivity index (χ4n) is 2.02. The summed E-state index contributed by atoms with van der Waals surface area (Å²) in [6.45, 7) is -0.415. The van der Waals surface area contributed by atoms with Gasteiger partial charge in [0.2, 0.25) is 0 Å². The topological polar surface area (TPSA) is 83.9 Å². The maximum Gasteiger partial charge on any atom is 0.330 e. The van der Waals surface area contributed by atoms with E-state index < -0.39 is 23.3 Å². The SMILES string of the molecule is O=C1COCC(=O)N1C1(C(=O)O)CCC1. The number of morpholine rings is 1. The van der Waals surface area contributed by atoms with E-state index in [2.05, 4.69) is 0 Å². The lowest BCUT2D eigenvalue weighted by molar-refractivity contribution is -0.182. The van der Waals surface area contributed by atoms with Crippen molar-refractivity contribution < 1.29 is 24.2 Å². The van der Waals surface area contributed by atoms with Gasteiger partial charge in [-0.2, -0.15) is 0 Å². The summed E-state index contributed by atoms with van der Waals surface area (Å²) in [5, 5.41) is 9.08. The fourth-order valence-corrected chi connectivity index (χ4v) is 2.02. The standard InChI is InChI=1S/C9H11NO5/c11-6-4-15-5-7(12)10(6)9(8(13)14)2-1-3-9/h1-5H2,(H,13,14). The van der Waals surface area contributed by atoms with Crippen molar-refractivity contribution in [3.63, 3.8) is 0 Å². The molecule has 82 valence electrons. The second-order valence-electron chi connectivity index (χ2n) is 3.81. The van der Waals surface area contributed by atoms with Crippen LogP contribution >= 0.6 is 0 Å². The van der Waals surface area contributed by atoms with Gasteiger partial charge in [-0.25, -0.2) is 4.79 Å². The molecule has 0 radical (unpaired) electrons. The molecule has 0 unspecified atom stereocenters. The number of hydrogen-bond donors (Lipinski definition) is 1. The van der Waals surface area contributed by atoms with Gasteiger partial charge in [-0.3, -0.25) is 14.5 Å². The van der Waals surface area contributed by atoms with Gasteiger partial charge in [0, 0.05) is 0 Å². The molecule has 0 aromatic rings. The van der Waals surface area contributed by atoms with Crippen molar-refractivity contribution in [2.45, 2.75) is 24.8 Å². The third-order valence-electron chi connectivity index (χ3n) is 2.96. The van der Waals surface area contributed by atoms with Gasteiger partial charge in [0.05, 0.1) is 0 Å².